The first kappa shape index (κ1) is 18.6. The number of thiophene rings is 1. The van der Waals surface area contributed by atoms with Gasteiger partial charge in [-0.25, -0.2) is 0 Å². The smallest absolute Gasteiger partial charge is 0.223 e. The van der Waals surface area contributed by atoms with E-state index >= 15 is 0 Å². The average Bonchev–Trinajstić information content (AvgIpc) is 3.21. The van der Waals surface area contributed by atoms with E-state index in [1.807, 2.05) is 23.5 Å². The van der Waals surface area contributed by atoms with E-state index in [9.17, 15) is 4.79 Å². The van der Waals surface area contributed by atoms with Gasteiger partial charge >= 0.3 is 0 Å². The highest BCUT2D eigenvalue weighted by Crippen LogP contribution is 2.53. The molecule has 144 valence electrons. The second kappa shape index (κ2) is 7.02. The van der Waals surface area contributed by atoms with Gasteiger partial charge < -0.3 is 4.90 Å². The number of hydrogen-bond acceptors (Lipinski definition) is 4. The van der Waals surface area contributed by atoms with Crippen LogP contribution >= 0.6 is 11.3 Å². The molecule has 1 spiro atoms. The SMILES string of the molecule is Cc1ccc(C2(N(C)C)CCC3(CC2)CC(=O)N(Cc2ccncc2)C3)s1. The Morgan fingerprint density at radius 2 is 1.81 bits per heavy atom. The number of carbonyl (C=O) groups excluding carboxylic acids is 1. The van der Waals surface area contributed by atoms with Crippen LogP contribution < -0.4 is 0 Å². The number of pyridine rings is 1. The van der Waals surface area contributed by atoms with Gasteiger partial charge in [0.2, 0.25) is 5.91 Å². The molecule has 2 aliphatic rings. The van der Waals surface area contributed by atoms with Gasteiger partial charge in [-0.1, -0.05) is 0 Å². The molecule has 3 heterocycles. The summed E-state index contributed by atoms with van der Waals surface area (Å²) in [5.74, 6) is 0.316. The summed E-state index contributed by atoms with van der Waals surface area (Å²) in [6, 6.07) is 8.57. The van der Waals surface area contributed by atoms with Crippen molar-refractivity contribution < 1.29 is 4.79 Å². The molecule has 1 saturated carbocycles. The normalized spacial score (nSPS) is 28.4. The first-order chi connectivity index (χ1) is 12.9. The van der Waals surface area contributed by atoms with Gasteiger partial charge in [-0.05, 0) is 81.9 Å². The van der Waals surface area contributed by atoms with E-state index < -0.39 is 0 Å². The van der Waals surface area contributed by atoms with Crippen LogP contribution in [0.15, 0.2) is 36.7 Å². The standard InChI is InChI=1S/C22H29N3OS/c1-17-4-5-19(27-17)22(24(2)3)10-8-21(9-11-22)14-20(26)25(16-21)15-18-6-12-23-13-7-18/h4-7,12-13H,8-11,14-16H2,1-3H3. The lowest BCUT2D eigenvalue weighted by Crippen LogP contribution is -2.47. The molecule has 0 N–H and O–H groups in total. The summed E-state index contributed by atoms with van der Waals surface area (Å²) in [4.78, 5) is 24.1. The fraction of sp³-hybridized carbons (Fsp3) is 0.545. The van der Waals surface area contributed by atoms with Crippen molar-refractivity contribution in [3.05, 3.63) is 52.0 Å². The monoisotopic (exact) mass is 383 g/mol. The number of hydrogen-bond donors (Lipinski definition) is 0. The van der Waals surface area contributed by atoms with Crippen LogP contribution in [0.1, 0.15) is 47.4 Å². The fourth-order valence-corrected chi connectivity index (χ4v) is 6.16. The number of aryl methyl sites for hydroxylation is 1. The highest BCUT2D eigenvalue weighted by Gasteiger charge is 2.50. The zero-order chi connectivity index (χ0) is 19.1. The molecule has 2 fully saturated rings. The number of aromatic nitrogens is 1. The quantitative estimate of drug-likeness (QED) is 0.794. The lowest BCUT2D eigenvalue weighted by molar-refractivity contribution is -0.128. The van der Waals surface area contributed by atoms with Crippen LogP contribution in [0.25, 0.3) is 0 Å². The molecule has 27 heavy (non-hydrogen) atoms. The van der Waals surface area contributed by atoms with Crippen molar-refractivity contribution in [2.24, 2.45) is 5.41 Å². The Bertz CT molecular complexity index is 806. The maximum atomic E-state index is 12.7. The van der Waals surface area contributed by atoms with Crippen molar-refractivity contribution in [2.75, 3.05) is 20.6 Å². The predicted octanol–water partition coefficient (Wildman–Crippen LogP) is 4.20. The Morgan fingerprint density at radius 3 is 2.41 bits per heavy atom. The lowest BCUT2D eigenvalue weighted by atomic mass is 9.66. The van der Waals surface area contributed by atoms with Crippen LogP contribution in [0.3, 0.4) is 0 Å². The summed E-state index contributed by atoms with van der Waals surface area (Å²) in [6.07, 6.45) is 8.85. The van der Waals surface area contributed by atoms with Crippen LogP contribution in [0.4, 0.5) is 0 Å². The second-order valence-corrected chi connectivity index (χ2v) is 9.91. The minimum atomic E-state index is 0.131. The van der Waals surface area contributed by atoms with Gasteiger partial charge in [-0.15, -0.1) is 11.3 Å². The molecular formula is C22H29N3OS. The highest BCUT2D eigenvalue weighted by molar-refractivity contribution is 7.12. The maximum Gasteiger partial charge on any atom is 0.223 e. The highest BCUT2D eigenvalue weighted by atomic mass is 32.1. The Kier molecular flexibility index (Phi) is 4.85. The zero-order valence-electron chi connectivity index (χ0n) is 16.6. The van der Waals surface area contributed by atoms with Crippen LogP contribution in [0, 0.1) is 12.3 Å². The molecule has 4 nitrogen and oxygen atoms in total. The average molecular weight is 384 g/mol. The molecule has 0 radical (unpaired) electrons. The third-order valence-corrected chi connectivity index (χ3v) is 7.91. The van der Waals surface area contributed by atoms with Gasteiger partial charge in [0.15, 0.2) is 0 Å². The summed E-state index contributed by atoms with van der Waals surface area (Å²) in [5, 5.41) is 0. The van der Waals surface area contributed by atoms with E-state index in [0.717, 1.165) is 32.2 Å². The molecule has 0 unspecified atom stereocenters. The van der Waals surface area contributed by atoms with Gasteiger partial charge in [0, 0.05) is 41.7 Å². The summed E-state index contributed by atoms with van der Waals surface area (Å²) >= 11 is 1.93. The van der Waals surface area contributed by atoms with Gasteiger partial charge in [-0.3, -0.25) is 14.7 Å². The van der Waals surface area contributed by atoms with E-state index in [4.69, 9.17) is 0 Å². The number of carbonyl (C=O) groups is 1. The molecular weight excluding hydrogens is 354 g/mol. The third-order valence-electron chi connectivity index (χ3n) is 6.72. The van der Waals surface area contributed by atoms with Crippen molar-refractivity contribution in [3.8, 4) is 0 Å². The molecule has 1 saturated heterocycles. The molecule has 2 aromatic heterocycles. The summed E-state index contributed by atoms with van der Waals surface area (Å²) in [7, 11) is 4.42. The Morgan fingerprint density at radius 1 is 1.11 bits per heavy atom. The number of amides is 1. The van der Waals surface area contributed by atoms with E-state index in [2.05, 4.69) is 47.9 Å². The first-order valence-electron chi connectivity index (χ1n) is 9.84. The number of nitrogens with zero attached hydrogens (tertiary/aromatic N) is 3. The van der Waals surface area contributed by atoms with Crippen molar-refractivity contribution in [2.45, 2.75) is 51.1 Å². The van der Waals surface area contributed by atoms with Gasteiger partial charge in [0.25, 0.3) is 0 Å². The predicted molar refractivity (Wildman–Crippen MR) is 110 cm³/mol. The molecule has 1 aliphatic carbocycles. The molecule has 2 aromatic rings. The summed E-state index contributed by atoms with van der Waals surface area (Å²) in [6.45, 7) is 3.81. The minimum absolute atomic E-state index is 0.131. The number of likely N-dealkylation sites (tertiary alicyclic amines) is 1. The van der Waals surface area contributed by atoms with Gasteiger partial charge in [0.1, 0.15) is 0 Å². The van der Waals surface area contributed by atoms with Crippen molar-refractivity contribution in [1.29, 1.82) is 0 Å². The molecule has 5 heteroatoms. The lowest BCUT2D eigenvalue weighted by Gasteiger charge is -2.48. The molecule has 0 bridgehead atoms. The molecule has 0 atom stereocenters. The molecule has 4 rings (SSSR count). The molecule has 0 aromatic carbocycles. The Balaban J connectivity index is 1.48. The van der Waals surface area contributed by atoms with Crippen molar-refractivity contribution >= 4 is 17.2 Å². The second-order valence-electron chi connectivity index (χ2n) is 8.62. The number of rotatable bonds is 4. The van der Waals surface area contributed by atoms with Crippen LogP contribution in [-0.4, -0.2) is 41.3 Å². The molecule has 1 aliphatic heterocycles. The van der Waals surface area contributed by atoms with E-state index in [0.29, 0.717) is 18.9 Å². The van der Waals surface area contributed by atoms with Crippen LogP contribution in [0.2, 0.25) is 0 Å². The summed E-state index contributed by atoms with van der Waals surface area (Å²) in [5.41, 5.74) is 1.46. The third kappa shape index (κ3) is 3.43. The van der Waals surface area contributed by atoms with Crippen molar-refractivity contribution in [3.63, 3.8) is 0 Å². The van der Waals surface area contributed by atoms with E-state index in [-0.39, 0.29) is 11.0 Å². The fourth-order valence-electron chi connectivity index (χ4n) is 4.96. The van der Waals surface area contributed by atoms with Gasteiger partial charge in [0.05, 0.1) is 5.54 Å². The van der Waals surface area contributed by atoms with Crippen molar-refractivity contribution in [1.82, 2.24) is 14.8 Å². The largest absolute Gasteiger partial charge is 0.338 e. The maximum absolute atomic E-state index is 12.7. The van der Waals surface area contributed by atoms with E-state index in [1.165, 1.54) is 15.3 Å². The Labute approximate surface area is 166 Å². The minimum Gasteiger partial charge on any atom is -0.338 e. The topological polar surface area (TPSA) is 36.4 Å². The first-order valence-corrected chi connectivity index (χ1v) is 10.7. The molecule has 1 amide bonds. The zero-order valence-corrected chi connectivity index (χ0v) is 17.4. The van der Waals surface area contributed by atoms with Crippen LogP contribution in [0.5, 0.6) is 0 Å². The summed E-state index contributed by atoms with van der Waals surface area (Å²) < 4.78 is 0. The van der Waals surface area contributed by atoms with E-state index in [1.54, 1.807) is 12.4 Å². The van der Waals surface area contributed by atoms with Gasteiger partial charge in [-0.2, -0.15) is 0 Å². The Hall–Kier alpha value is -1.72. The van der Waals surface area contributed by atoms with Crippen LogP contribution in [-0.2, 0) is 16.9 Å².